The summed E-state index contributed by atoms with van der Waals surface area (Å²) in [6, 6.07) is 9.79. The number of carbonyl (C=O) groups is 1. The second-order valence-corrected chi connectivity index (χ2v) is 5.59. The second-order valence-electron chi connectivity index (χ2n) is 5.59. The Morgan fingerprint density at radius 1 is 1.16 bits per heavy atom. The first-order valence-electron chi connectivity index (χ1n) is 8.32. The molecule has 1 aromatic heterocycles. The van der Waals surface area contributed by atoms with Crippen LogP contribution >= 0.6 is 0 Å². The number of carbonyl (C=O) groups excluding carboxylic acids is 1. The minimum absolute atomic E-state index is 0.125. The van der Waals surface area contributed by atoms with E-state index in [2.05, 4.69) is 21.7 Å². The minimum atomic E-state index is -0.125. The highest BCUT2D eigenvalue weighted by molar-refractivity contribution is 5.94. The number of amides is 1. The fourth-order valence-electron chi connectivity index (χ4n) is 2.36. The number of nitrogens with zero attached hydrogens (tertiary/aromatic N) is 1. The molecule has 1 amide bonds. The predicted molar refractivity (Wildman–Crippen MR) is 98.3 cm³/mol. The van der Waals surface area contributed by atoms with Gasteiger partial charge < -0.3 is 20.1 Å². The van der Waals surface area contributed by atoms with Gasteiger partial charge in [-0.15, -0.1) is 0 Å². The van der Waals surface area contributed by atoms with Crippen molar-refractivity contribution in [3.8, 4) is 5.75 Å². The largest absolute Gasteiger partial charge is 0.497 e. The number of ether oxygens (including phenoxy) is 2. The van der Waals surface area contributed by atoms with Gasteiger partial charge in [0, 0.05) is 39.2 Å². The van der Waals surface area contributed by atoms with Crippen LogP contribution in [-0.2, 0) is 11.2 Å². The highest BCUT2D eigenvalue weighted by atomic mass is 16.5. The zero-order chi connectivity index (χ0) is 17.9. The van der Waals surface area contributed by atoms with Crippen LogP contribution in [0.25, 0.3) is 0 Å². The Hall–Kier alpha value is -2.60. The van der Waals surface area contributed by atoms with E-state index in [-0.39, 0.29) is 5.91 Å². The number of benzene rings is 1. The van der Waals surface area contributed by atoms with Crippen LogP contribution in [0.5, 0.6) is 5.75 Å². The summed E-state index contributed by atoms with van der Waals surface area (Å²) in [5.41, 5.74) is 2.56. The van der Waals surface area contributed by atoms with E-state index in [1.54, 1.807) is 26.6 Å². The average molecular weight is 343 g/mol. The molecule has 0 aliphatic rings. The van der Waals surface area contributed by atoms with Crippen LogP contribution in [0.2, 0.25) is 0 Å². The Bertz CT molecular complexity index is 676. The van der Waals surface area contributed by atoms with Crippen LogP contribution in [0, 0.1) is 0 Å². The molecule has 1 heterocycles. The summed E-state index contributed by atoms with van der Waals surface area (Å²) in [6.07, 6.45) is 4.92. The van der Waals surface area contributed by atoms with Crippen LogP contribution in [0.15, 0.2) is 42.7 Å². The first-order valence-corrected chi connectivity index (χ1v) is 8.32. The normalized spacial score (nSPS) is 10.3. The third-order valence-electron chi connectivity index (χ3n) is 3.69. The Morgan fingerprint density at radius 3 is 2.84 bits per heavy atom. The highest BCUT2D eigenvalue weighted by Gasteiger charge is 2.06. The van der Waals surface area contributed by atoms with E-state index >= 15 is 0 Å². The zero-order valence-corrected chi connectivity index (χ0v) is 14.7. The smallest absolute Gasteiger partial charge is 0.252 e. The van der Waals surface area contributed by atoms with E-state index in [0.717, 1.165) is 30.8 Å². The molecule has 0 fully saturated rings. The lowest BCUT2D eigenvalue weighted by Crippen LogP contribution is -2.25. The molecule has 25 heavy (non-hydrogen) atoms. The van der Waals surface area contributed by atoms with Gasteiger partial charge in [0.25, 0.3) is 5.91 Å². The maximum Gasteiger partial charge on any atom is 0.252 e. The van der Waals surface area contributed by atoms with Crippen molar-refractivity contribution in [3.63, 3.8) is 0 Å². The number of hydrogen-bond donors (Lipinski definition) is 2. The number of nitrogens with one attached hydrogen (secondary N) is 2. The lowest BCUT2D eigenvalue weighted by molar-refractivity contribution is 0.0948. The summed E-state index contributed by atoms with van der Waals surface area (Å²) >= 11 is 0. The van der Waals surface area contributed by atoms with Gasteiger partial charge in [-0.05, 0) is 36.6 Å². The Morgan fingerprint density at radius 2 is 2.04 bits per heavy atom. The quantitative estimate of drug-likeness (QED) is 0.649. The number of anilines is 1. The fourth-order valence-corrected chi connectivity index (χ4v) is 2.36. The third-order valence-corrected chi connectivity index (χ3v) is 3.69. The summed E-state index contributed by atoms with van der Waals surface area (Å²) in [7, 11) is 3.31. The molecule has 6 nitrogen and oxygen atoms in total. The molecule has 0 bridgehead atoms. The molecule has 134 valence electrons. The van der Waals surface area contributed by atoms with Crippen molar-refractivity contribution in [1.82, 2.24) is 10.3 Å². The van der Waals surface area contributed by atoms with Gasteiger partial charge >= 0.3 is 0 Å². The summed E-state index contributed by atoms with van der Waals surface area (Å²) in [5.74, 6) is 0.728. The summed E-state index contributed by atoms with van der Waals surface area (Å²) in [5, 5.41) is 6.15. The lowest BCUT2D eigenvalue weighted by atomic mass is 10.1. The summed E-state index contributed by atoms with van der Waals surface area (Å²) < 4.78 is 10.2. The number of pyridine rings is 1. The average Bonchev–Trinajstić information content (AvgIpc) is 2.65. The van der Waals surface area contributed by atoms with E-state index in [1.807, 2.05) is 24.3 Å². The fraction of sp³-hybridized carbons (Fsp3) is 0.368. The van der Waals surface area contributed by atoms with Gasteiger partial charge in [-0.25, -0.2) is 0 Å². The standard InChI is InChI=1S/C19H25N3O3/c1-24-10-4-8-22-19(23)16-12-17(14-20-13-16)21-9-7-15-5-3-6-18(11-15)25-2/h3,5-6,11-14,21H,4,7-10H2,1-2H3,(H,22,23). The van der Waals surface area contributed by atoms with Crippen molar-refractivity contribution >= 4 is 11.6 Å². The molecule has 0 radical (unpaired) electrons. The van der Waals surface area contributed by atoms with Gasteiger partial charge in [0.15, 0.2) is 0 Å². The van der Waals surface area contributed by atoms with Crippen molar-refractivity contribution in [3.05, 3.63) is 53.9 Å². The number of rotatable bonds is 10. The van der Waals surface area contributed by atoms with Crippen LogP contribution in [0.3, 0.4) is 0 Å². The molecule has 2 N–H and O–H groups in total. The molecule has 1 aromatic carbocycles. The van der Waals surface area contributed by atoms with Crippen LogP contribution in [-0.4, -0.2) is 44.8 Å². The van der Waals surface area contributed by atoms with E-state index in [0.29, 0.717) is 18.7 Å². The molecular weight excluding hydrogens is 318 g/mol. The Kier molecular flexibility index (Phi) is 7.72. The number of aromatic nitrogens is 1. The second kappa shape index (κ2) is 10.3. The first-order chi connectivity index (χ1) is 12.2. The molecule has 0 aliphatic carbocycles. The van der Waals surface area contributed by atoms with E-state index in [4.69, 9.17) is 9.47 Å². The van der Waals surface area contributed by atoms with Crippen molar-refractivity contribution in [2.45, 2.75) is 12.8 Å². The van der Waals surface area contributed by atoms with Crippen molar-refractivity contribution < 1.29 is 14.3 Å². The highest BCUT2D eigenvalue weighted by Crippen LogP contribution is 2.14. The minimum Gasteiger partial charge on any atom is -0.497 e. The Labute approximate surface area is 148 Å². The number of hydrogen-bond acceptors (Lipinski definition) is 5. The monoisotopic (exact) mass is 343 g/mol. The van der Waals surface area contributed by atoms with Crippen LogP contribution < -0.4 is 15.4 Å². The van der Waals surface area contributed by atoms with Crippen molar-refractivity contribution in [2.24, 2.45) is 0 Å². The molecule has 0 spiro atoms. The van der Waals surface area contributed by atoms with E-state index in [1.165, 1.54) is 5.56 Å². The van der Waals surface area contributed by atoms with Crippen molar-refractivity contribution in [2.75, 3.05) is 39.2 Å². The van der Waals surface area contributed by atoms with Gasteiger partial charge in [-0.3, -0.25) is 9.78 Å². The Balaban J connectivity index is 1.83. The van der Waals surface area contributed by atoms with Crippen molar-refractivity contribution in [1.29, 1.82) is 0 Å². The zero-order valence-electron chi connectivity index (χ0n) is 14.7. The lowest BCUT2D eigenvalue weighted by Gasteiger charge is -2.09. The van der Waals surface area contributed by atoms with Gasteiger partial charge in [0.1, 0.15) is 5.75 Å². The number of methoxy groups -OCH3 is 2. The molecule has 2 aromatic rings. The van der Waals surface area contributed by atoms with Crippen LogP contribution in [0.4, 0.5) is 5.69 Å². The molecule has 2 rings (SSSR count). The van der Waals surface area contributed by atoms with Gasteiger partial charge in [0.2, 0.25) is 0 Å². The molecule has 0 aliphatic heterocycles. The topological polar surface area (TPSA) is 72.5 Å². The van der Waals surface area contributed by atoms with Gasteiger partial charge in [-0.1, -0.05) is 12.1 Å². The maximum absolute atomic E-state index is 12.1. The molecule has 6 heteroatoms. The third kappa shape index (κ3) is 6.43. The summed E-state index contributed by atoms with van der Waals surface area (Å²) in [4.78, 5) is 16.2. The first kappa shape index (κ1) is 18.7. The van der Waals surface area contributed by atoms with E-state index in [9.17, 15) is 4.79 Å². The molecular formula is C19H25N3O3. The summed E-state index contributed by atoms with van der Waals surface area (Å²) in [6.45, 7) is 1.96. The molecule has 0 atom stereocenters. The molecule has 0 unspecified atom stereocenters. The predicted octanol–water partition coefficient (Wildman–Crippen LogP) is 2.51. The molecule has 0 saturated heterocycles. The maximum atomic E-state index is 12.1. The van der Waals surface area contributed by atoms with E-state index < -0.39 is 0 Å². The SMILES string of the molecule is COCCCNC(=O)c1cncc(NCCc2cccc(OC)c2)c1. The van der Waals surface area contributed by atoms with Crippen LogP contribution in [0.1, 0.15) is 22.3 Å². The van der Waals surface area contributed by atoms with Gasteiger partial charge in [0.05, 0.1) is 18.4 Å². The molecule has 0 saturated carbocycles. The van der Waals surface area contributed by atoms with Gasteiger partial charge in [-0.2, -0.15) is 0 Å².